The number of aromatic nitrogens is 4. The fraction of sp³-hybridized carbons (Fsp3) is 0.579. The number of carbonyl (C=O) groups is 1. The van der Waals surface area contributed by atoms with Crippen LogP contribution < -0.4 is 15.5 Å². The zero-order valence-corrected chi connectivity index (χ0v) is 16.0. The lowest BCUT2D eigenvalue weighted by Crippen LogP contribution is -2.35. The highest BCUT2D eigenvalue weighted by molar-refractivity contribution is 5.79. The van der Waals surface area contributed by atoms with E-state index in [1.807, 2.05) is 10.7 Å². The molecule has 1 amide bonds. The van der Waals surface area contributed by atoms with Crippen LogP contribution in [0.5, 0.6) is 0 Å². The Balaban J connectivity index is 1.39. The number of rotatable bonds is 6. The highest BCUT2D eigenvalue weighted by Crippen LogP contribution is 2.26. The third kappa shape index (κ3) is 4.04. The van der Waals surface area contributed by atoms with E-state index in [4.69, 9.17) is 0 Å². The second kappa shape index (κ2) is 7.54. The number of fused-ring (bicyclic) bond motifs is 1. The number of nitrogens with zero attached hydrogens (tertiary/aromatic N) is 5. The van der Waals surface area contributed by atoms with Crippen molar-refractivity contribution in [1.29, 1.82) is 0 Å². The first-order valence-electron chi connectivity index (χ1n) is 9.76. The van der Waals surface area contributed by atoms with E-state index in [2.05, 4.69) is 50.5 Å². The van der Waals surface area contributed by atoms with E-state index in [0.717, 1.165) is 49.1 Å². The van der Waals surface area contributed by atoms with E-state index >= 15 is 0 Å². The van der Waals surface area contributed by atoms with Gasteiger partial charge in [-0.2, -0.15) is 10.1 Å². The van der Waals surface area contributed by atoms with Gasteiger partial charge in [0.1, 0.15) is 5.82 Å². The molecule has 0 atom stereocenters. The van der Waals surface area contributed by atoms with Gasteiger partial charge < -0.3 is 15.5 Å². The van der Waals surface area contributed by atoms with Crippen molar-refractivity contribution in [2.75, 3.05) is 16.8 Å². The lowest BCUT2D eigenvalue weighted by molar-refractivity contribution is -0.127. The fourth-order valence-corrected chi connectivity index (χ4v) is 3.45. The molecule has 2 N–H and O–H groups in total. The summed E-state index contributed by atoms with van der Waals surface area (Å²) in [5, 5.41) is 11.0. The molecule has 0 radical (unpaired) electrons. The summed E-state index contributed by atoms with van der Waals surface area (Å²) in [7, 11) is 0. The summed E-state index contributed by atoms with van der Waals surface area (Å²) >= 11 is 0. The zero-order chi connectivity index (χ0) is 18.8. The molecule has 144 valence electrons. The summed E-state index contributed by atoms with van der Waals surface area (Å²) in [4.78, 5) is 23.2. The Morgan fingerprint density at radius 2 is 2.19 bits per heavy atom. The Labute approximate surface area is 159 Å². The third-order valence-electron chi connectivity index (χ3n) is 5.13. The Kier molecular flexibility index (Phi) is 4.96. The Morgan fingerprint density at radius 3 is 2.93 bits per heavy atom. The Bertz CT molecular complexity index is 812. The maximum Gasteiger partial charge on any atom is 0.227 e. The molecular weight excluding hydrogens is 342 g/mol. The van der Waals surface area contributed by atoms with E-state index in [1.54, 1.807) is 6.20 Å². The van der Waals surface area contributed by atoms with Crippen molar-refractivity contribution >= 4 is 17.7 Å². The number of carbonyl (C=O) groups excluding carboxylic acids is 1. The van der Waals surface area contributed by atoms with Crippen molar-refractivity contribution in [2.24, 2.45) is 5.92 Å². The first-order chi connectivity index (χ1) is 13.1. The van der Waals surface area contributed by atoms with Gasteiger partial charge >= 0.3 is 0 Å². The van der Waals surface area contributed by atoms with Gasteiger partial charge in [-0.05, 0) is 38.8 Å². The first kappa shape index (κ1) is 17.8. The van der Waals surface area contributed by atoms with Crippen LogP contribution in [-0.2, 0) is 24.4 Å². The number of nitrogens with one attached hydrogen (secondary N) is 2. The molecule has 8 nitrogen and oxygen atoms in total. The minimum Gasteiger partial charge on any atom is -0.368 e. The predicted molar refractivity (Wildman–Crippen MR) is 103 cm³/mol. The second-order valence-electron chi connectivity index (χ2n) is 7.66. The molecule has 2 aromatic rings. The van der Waals surface area contributed by atoms with Gasteiger partial charge in [0.2, 0.25) is 11.9 Å². The van der Waals surface area contributed by atoms with Gasteiger partial charge in [0.05, 0.1) is 31.0 Å². The number of amides is 1. The predicted octanol–water partition coefficient (Wildman–Crippen LogP) is 1.93. The van der Waals surface area contributed by atoms with Crippen molar-refractivity contribution < 1.29 is 4.79 Å². The molecular formula is C19H27N7O. The summed E-state index contributed by atoms with van der Waals surface area (Å²) < 4.78 is 2.03. The van der Waals surface area contributed by atoms with Crippen molar-refractivity contribution in [3.05, 3.63) is 29.7 Å². The maximum atomic E-state index is 12.0. The van der Waals surface area contributed by atoms with Crippen LogP contribution in [0.2, 0.25) is 0 Å². The summed E-state index contributed by atoms with van der Waals surface area (Å²) in [6.45, 7) is 7.00. The van der Waals surface area contributed by atoms with Gasteiger partial charge in [0.25, 0.3) is 0 Å². The van der Waals surface area contributed by atoms with Crippen LogP contribution in [0.15, 0.2) is 18.3 Å². The smallest absolute Gasteiger partial charge is 0.227 e. The standard InChI is InChI=1S/C19H27N7O/c1-13(2)22-17-6-7-20-19(23-17)25-8-9-26-16(12-25)10-15(24-26)11-21-18(27)14-4-3-5-14/h6-7,10,13-14H,3-5,8-9,11-12H2,1-2H3,(H,21,27)(H,20,22,23). The lowest BCUT2D eigenvalue weighted by Gasteiger charge is -2.27. The van der Waals surface area contributed by atoms with Gasteiger partial charge in [0, 0.05) is 24.7 Å². The SMILES string of the molecule is CC(C)Nc1ccnc(N2CCn3nc(CNC(=O)C4CCC4)cc3C2)n1. The topological polar surface area (TPSA) is 88.0 Å². The number of anilines is 2. The minimum atomic E-state index is 0.164. The van der Waals surface area contributed by atoms with Crippen LogP contribution >= 0.6 is 0 Å². The number of hydrogen-bond acceptors (Lipinski definition) is 6. The van der Waals surface area contributed by atoms with Gasteiger partial charge in [-0.1, -0.05) is 6.42 Å². The van der Waals surface area contributed by atoms with Gasteiger partial charge in [-0.25, -0.2) is 4.98 Å². The molecule has 2 aliphatic rings. The van der Waals surface area contributed by atoms with E-state index < -0.39 is 0 Å². The van der Waals surface area contributed by atoms with Crippen LogP contribution in [0.1, 0.15) is 44.5 Å². The molecule has 1 aliphatic heterocycles. The second-order valence-corrected chi connectivity index (χ2v) is 7.66. The molecule has 1 saturated carbocycles. The van der Waals surface area contributed by atoms with Crippen LogP contribution in [-0.4, -0.2) is 38.2 Å². The van der Waals surface area contributed by atoms with E-state index in [-0.39, 0.29) is 11.8 Å². The normalized spacial score (nSPS) is 16.8. The summed E-state index contributed by atoms with van der Waals surface area (Å²) in [5.74, 6) is 1.94. The highest BCUT2D eigenvalue weighted by atomic mass is 16.1. The quantitative estimate of drug-likeness (QED) is 0.809. The highest BCUT2D eigenvalue weighted by Gasteiger charge is 2.25. The van der Waals surface area contributed by atoms with E-state index in [9.17, 15) is 4.79 Å². The van der Waals surface area contributed by atoms with Gasteiger partial charge in [-0.15, -0.1) is 0 Å². The van der Waals surface area contributed by atoms with Crippen molar-refractivity contribution in [3.8, 4) is 0 Å². The molecule has 27 heavy (non-hydrogen) atoms. The van der Waals surface area contributed by atoms with Crippen molar-refractivity contribution in [3.63, 3.8) is 0 Å². The molecule has 1 aliphatic carbocycles. The maximum absolute atomic E-state index is 12.0. The van der Waals surface area contributed by atoms with Gasteiger partial charge in [0.15, 0.2) is 0 Å². The van der Waals surface area contributed by atoms with Crippen LogP contribution in [0.3, 0.4) is 0 Å². The Morgan fingerprint density at radius 1 is 1.33 bits per heavy atom. The average molecular weight is 369 g/mol. The fourth-order valence-electron chi connectivity index (χ4n) is 3.45. The lowest BCUT2D eigenvalue weighted by atomic mass is 9.85. The summed E-state index contributed by atoms with van der Waals surface area (Å²) in [5.41, 5.74) is 2.04. The molecule has 0 spiro atoms. The molecule has 3 heterocycles. The van der Waals surface area contributed by atoms with E-state index in [1.165, 1.54) is 6.42 Å². The third-order valence-corrected chi connectivity index (χ3v) is 5.13. The zero-order valence-electron chi connectivity index (χ0n) is 16.0. The Hall–Kier alpha value is -2.64. The molecule has 1 fully saturated rings. The summed E-state index contributed by atoms with van der Waals surface area (Å²) in [6.07, 6.45) is 5.00. The van der Waals surface area contributed by atoms with Crippen molar-refractivity contribution in [1.82, 2.24) is 25.1 Å². The van der Waals surface area contributed by atoms with Crippen LogP contribution in [0.25, 0.3) is 0 Å². The number of hydrogen-bond donors (Lipinski definition) is 2. The molecule has 0 unspecified atom stereocenters. The van der Waals surface area contributed by atoms with Crippen LogP contribution in [0, 0.1) is 5.92 Å². The molecule has 4 rings (SSSR count). The van der Waals surface area contributed by atoms with Crippen molar-refractivity contribution in [2.45, 2.75) is 58.8 Å². The molecule has 8 heteroatoms. The van der Waals surface area contributed by atoms with Gasteiger partial charge in [-0.3, -0.25) is 9.48 Å². The van der Waals surface area contributed by atoms with Crippen LogP contribution in [0.4, 0.5) is 11.8 Å². The molecule has 0 bridgehead atoms. The molecule has 0 saturated heterocycles. The summed E-state index contributed by atoms with van der Waals surface area (Å²) in [6, 6.07) is 4.29. The average Bonchev–Trinajstić information content (AvgIpc) is 3.00. The molecule has 2 aromatic heterocycles. The monoisotopic (exact) mass is 369 g/mol. The van der Waals surface area contributed by atoms with E-state index in [0.29, 0.717) is 19.1 Å². The largest absolute Gasteiger partial charge is 0.368 e. The first-order valence-corrected chi connectivity index (χ1v) is 9.76. The minimum absolute atomic E-state index is 0.164. The molecule has 0 aromatic carbocycles.